The first-order chi connectivity index (χ1) is 15.0. The molecule has 1 aliphatic rings. The lowest BCUT2D eigenvalue weighted by Gasteiger charge is -2.13. The van der Waals surface area contributed by atoms with E-state index in [4.69, 9.17) is 9.15 Å². The molecule has 0 unspecified atom stereocenters. The minimum Gasteiger partial charge on any atom is -0.490 e. The fraction of sp³-hybridized carbons (Fsp3) is 0.0909. The maximum Gasteiger partial charge on any atom is 0.311 e. The molecule has 4 rings (SSSR count). The van der Waals surface area contributed by atoms with E-state index < -0.39 is 4.92 Å². The molecule has 9 heteroatoms. The number of carbonyl (C=O) groups excluding carboxylic acids is 1. The molecular weight excluding hydrogens is 418 g/mol. The number of nitro groups is 1. The number of hydrogen-bond acceptors (Lipinski definition) is 7. The number of carbonyl (C=O) groups is 1. The van der Waals surface area contributed by atoms with Gasteiger partial charge in [-0.15, -0.1) is 0 Å². The maximum absolute atomic E-state index is 13.1. The van der Waals surface area contributed by atoms with E-state index in [2.05, 4.69) is 4.99 Å². The van der Waals surface area contributed by atoms with Gasteiger partial charge in [-0.1, -0.05) is 24.3 Å². The summed E-state index contributed by atoms with van der Waals surface area (Å²) >= 11 is 1.21. The normalized spacial score (nSPS) is 16.3. The smallest absolute Gasteiger partial charge is 0.311 e. The van der Waals surface area contributed by atoms with Crippen LogP contribution in [-0.2, 0) is 11.3 Å². The summed E-state index contributed by atoms with van der Waals surface area (Å²) < 4.78 is 10.4. The molecule has 2 aromatic carbocycles. The number of aliphatic imine (C=N–C) groups is 1. The molecular formula is C22H17N3O5S. The zero-order valence-electron chi connectivity index (χ0n) is 16.4. The van der Waals surface area contributed by atoms with Crippen molar-refractivity contribution < 1.29 is 18.9 Å². The van der Waals surface area contributed by atoms with E-state index in [-0.39, 0.29) is 23.9 Å². The number of ether oxygens (including phenoxy) is 1. The summed E-state index contributed by atoms with van der Waals surface area (Å²) in [7, 11) is 1.37. The lowest BCUT2D eigenvalue weighted by atomic mass is 10.1. The van der Waals surface area contributed by atoms with E-state index in [0.717, 1.165) is 0 Å². The number of para-hydroxylation sites is 1. The third kappa shape index (κ3) is 4.51. The Balaban J connectivity index is 1.70. The summed E-state index contributed by atoms with van der Waals surface area (Å²) in [6, 6.07) is 17.4. The number of furan rings is 1. The van der Waals surface area contributed by atoms with Crippen molar-refractivity contribution in [2.45, 2.75) is 6.54 Å². The van der Waals surface area contributed by atoms with Crippen LogP contribution >= 0.6 is 11.8 Å². The van der Waals surface area contributed by atoms with Gasteiger partial charge in [0.25, 0.3) is 5.91 Å². The molecule has 1 aliphatic heterocycles. The summed E-state index contributed by atoms with van der Waals surface area (Å²) in [5.74, 6) is 0.522. The first-order valence-corrected chi connectivity index (χ1v) is 10.1. The molecule has 156 valence electrons. The summed E-state index contributed by atoms with van der Waals surface area (Å²) in [5.41, 5.74) is 1.06. The van der Waals surface area contributed by atoms with Crippen LogP contribution < -0.4 is 4.74 Å². The minimum atomic E-state index is -0.518. The molecule has 0 N–H and O–H groups in total. The monoisotopic (exact) mass is 435 g/mol. The second kappa shape index (κ2) is 8.88. The molecule has 0 bridgehead atoms. The van der Waals surface area contributed by atoms with Crippen LogP contribution in [0, 0.1) is 10.1 Å². The molecule has 1 amide bonds. The fourth-order valence-electron chi connectivity index (χ4n) is 2.99. The molecule has 1 saturated heterocycles. The van der Waals surface area contributed by atoms with Gasteiger partial charge in [-0.2, -0.15) is 0 Å². The number of methoxy groups -OCH3 is 1. The second-order valence-corrected chi connectivity index (χ2v) is 7.51. The number of amidine groups is 1. The van der Waals surface area contributed by atoms with Crippen LogP contribution in [0.3, 0.4) is 0 Å². The summed E-state index contributed by atoms with van der Waals surface area (Å²) in [5, 5.41) is 11.8. The molecule has 8 nitrogen and oxygen atoms in total. The van der Waals surface area contributed by atoms with Crippen molar-refractivity contribution in [2.24, 2.45) is 4.99 Å². The molecule has 0 atom stereocenters. The second-order valence-electron chi connectivity index (χ2n) is 6.50. The highest BCUT2D eigenvalue weighted by Crippen LogP contribution is 2.36. The summed E-state index contributed by atoms with van der Waals surface area (Å²) in [4.78, 5) is 30.5. The van der Waals surface area contributed by atoms with Gasteiger partial charge in [0.05, 0.1) is 35.4 Å². The van der Waals surface area contributed by atoms with Crippen molar-refractivity contribution in [3.05, 3.63) is 93.3 Å². The zero-order valence-corrected chi connectivity index (χ0v) is 17.2. The van der Waals surface area contributed by atoms with E-state index >= 15 is 0 Å². The zero-order chi connectivity index (χ0) is 21.8. The van der Waals surface area contributed by atoms with Crippen molar-refractivity contribution >= 4 is 40.3 Å². The van der Waals surface area contributed by atoms with Gasteiger partial charge in [-0.3, -0.25) is 19.8 Å². The highest BCUT2D eigenvalue weighted by molar-refractivity contribution is 8.18. The van der Waals surface area contributed by atoms with Gasteiger partial charge in [-0.25, -0.2) is 4.99 Å². The Labute approximate surface area is 182 Å². The SMILES string of the molecule is COc1ccc(/C=C2\SC(=Nc3ccccc3)N(Cc3ccco3)C2=O)cc1[N+](=O)[O-]. The van der Waals surface area contributed by atoms with Crippen LogP contribution in [0.25, 0.3) is 6.08 Å². The topological polar surface area (TPSA) is 98.2 Å². The number of thioether (sulfide) groups is 1. The lowest BCUT2D eigenvalue weighted by molar-refractivity contribution is -0.385. The largest absolute Gasteiger partial charge is 0.490 e. The Hall–Kier alpha value is -3.85. The van der Waals surface area contributed by atoms with Gasteiger partial charge in [0.1, 0.15) is 5.76 Å². The van der Waals surface area contributed by atoms with Gasteiger partial charge < -0.3 is 9.15 Å². The number of nitrogens with zero attached hydrogens (tertiary/aromatic N) is 3. The number of rotatable bonds is 6. The minimum absolute atomic E-state index is 0.156. The maximum atomic E-state index is 13.1. The Bertz CT molecular complexity index is 1170. The van der Waals surface area contributed by atoms with E-state index in [0.29, 0.717) is 27.1 Å². The van der Waals surface area contributed by atoms with Gasteiger partial charge in [0.2, 0.25) is 0 Å². The number of amides is 1. The van der Waals surface area contributed by atoms with E-state index in [1.165, 1.54) is 35.9 Å². The summed E-state index contributed by atoms with van der Waals surface area (Å²) in [6.45, 7) is 0.227. The van der Waals surface area contributed by atoms with Gasteiger partial charge in [0, 0.05) is 6.07 Å². The number of benzene rings is 2. The van der Waals surface area contributed by atoms with Crippen molar-refractivity contribution in [3.8, 4) is 5.75 Å². The molecule has 0 spiro atoms. The third-order valence-electron chi connectivity index (χ3n) is 4.46. The van der Waals surface area contributed by atoms with E-state index in [1.807, 2.05) is 30.3 Å². The Morgan fingerprint density at radius 2 is 2.00 bits per heavy atom. The molecule has 0 aliphatic carbocycles. The van der Waals surface area contributed by atoms with Crippen molar-refractivity contribution in [1.82, 2.24) is 4.90 Å². The number of nitro benzene ring substituents is 1. The van der Waals surface area contributed by atoms with Gasteiger partial charge >= 0.3 is 5.69 Å². The van der Waals surface area contributed by atoms with Crippen LogP contribution in [0.5, 0.6) is 5.75 Å². The predicted molar refractivity (Wildman–Crippen MR) is 118 cm³/mol. The lowest BCUT2D eigenvalue weighted by Crippen LogP contribution is -2.28. The van der Waals surface area contributed by atoms with Crippen LogP contribution in [0.2, 0.25) is 0 Å². The average molecular weight is 435 g/mol. The van der Waals surface area contributed by atoms with Crippen LogP contribution in [0.4, 0.5) is 11.4 Å². The molecule has 0 radical (unpaired) electrons. The molecule has 0 saturated carbocycles. The molecule has 2 heterocycles. The molecule has 1 fully saturated rings. The predicted octanol–water partition coefficient (Wildman–Crippen LogP) is 5.00. The van der Waals surface area contributed by atoms with Gasteiger partial charge in [-0.05, 0) is 53.7 Å². The Morgan fingerprint density at radius 1 is 1.19 bits per heavy atom. The van der Waals surface area contributed by atoms with E-state index in [1.54, 1.807) is 30.5 Å². The third-order valence-corrected chi connectivity index (χ3v) is 5.47. The standard InChI is InChI=1S/C22H17N3O5S/c1-29-19-10-9-15(12-18(19)25(27)28)13-20-21(26)24(14-17-8-5-11-30-17)22(31-20)23-16-6-3-2-4-7-16/h2-13H,14H2,1H3/b20-13-,23-22?. The summed E-state index contributed by atoms with van der Waals surface area (Å²) in [6.07, 6.45) is 3.16. The van der Waals surface area contributed by atoms with Gasteiger partial charge in [0.15, 0.2) is 10.9 Å². The van der Waals surface area contributed by atoms with Crippen LogP contribution in [-0.4, -0.2) is 28.0 Å². The molecule has 31 heavy (non-hydrogen) atoms. The Kier molecular flexibility index (Phi) is 5.85. The molecule has 1 aromatic heterocycles. The van der Waals surface area contributed by atoms with E-state index in [9.17, 15) is 14.9 Å². The highest BCUT2D eigenvalue weighted by atomic mass is 32.2. The van der Waals surface area contributed by atoms with Crippen molar-refractivity contribution in [1.29, 1.82) is 0 Å². The average Bonchev–Trinajstić information content (AvgIpc) is 3.39. The quantitative estimate of drug-likeness (QED) is 0.307. The highest BCUT2D eigenvalue weighted by Gasteiger charge is 2.34. The van der Waals surface area contributed by atoms with Crippen molar-refractivity contribution in [3.63, 3.8) is 0 Å². The number of hydrogen-bond donors (Lipinski definition) is 0. The fourth-order valence-corrected chi connectivity index (χ4v) is 3.99. The van der Waals surface area contributed by atoms with Crippen molar-refractivity contribution in [2.75, 3.05) is 7.11 Å². The first kappa shape index (κ1) is 20.4. The van der Waals surface area contributed by atoms with Crippen LogP contribution in [0.15, 0.2) is 81.2 Å². The van der Waals surface area contributed by atoms with Crippen LogP contribution in [0.1, 0.15) is 11.3 Å². The first-order valence-electron chi connectivity index (χ1n) is 9.25. The Morgan fingerprint density at radius 3 is 2.68 bits per heavy atom. The molecule has 3 aromatic rings.